The summed E-state index contributed by atoms with van der Waals surface area (Å²) in [4.78, 5) is 56.1. The van der Waals surface area contributed by atoms with Gasteiger partial charge in [0.25, 0.3) is 11.5 Å². The number of hydrogen-bond donors (Lipinski definition) is 3. The van der Waals surface area contributed by atoms with Gasteiger partial charge in [0.2, 0.25) is 5.91 Å². The number of aliphatic hydroxyl groups is 1. The lowest BCUT2D eigenvalue weighted by Crippen LogP contribution is -2.56. The Morgan fingerprint density at radius 1 is 1.09 bits per heavy atom. The second-order valence-electron chi connectivity index (χ2n) is 15.9. The summed E-state index contributed by atoms with van der Waals surface area (Å²) in [6.07, 6.45) is 11.1. The molecule has 1 unspecified atom stereocenters. The van der Waals surface area contributed by atoms with E-state index in [1.165, 1.54) is 41.2 Å². The molecule has 3 fully saturated rings. The van der Waals surface area contributed by atoms with E-state index in [0.29, 0.717) is 58.8 Å². The molecular weight excluding hydrogens is 711 g/mol. The summed E-state index contributed by atoms with van der Waals surface area (Å²) >= 11 is 0. The number of hydrogen-bond acceptors (Lipinski definition) is 10. The quantitative estimate of drug-likeness (QED) is 0.211. The van der Waals surface area contributed by atoms with Crippen molar-refractivity contribution in [1.82, 2.24) is 24.0 Å². The average molecular weight is 760 g/mol. The van der Waals surface area contributed by atoms with Gasteiger partial charge in [0.1, 0.15) is 11.5 Å². The number of nitrogens with one attached hydrogen (secondary N) is 2. The summed E-state index contributed by atoms with van der Waals surface area (Å²) < 4.78 is 9.22. The number of nitrogens with zero attached hydrogens (tertiary/aromatic N) is 7. The minimum absolute atomic E-state index is 0.0647. The summed E-state index contributed by atoms with van der Waals surface area (Å²) in [5.41, 5.74) is 6.70. The molecule has 14 heteroatoms. The third kappa shape index (κ3) is 6.29. The smallest absolute Gasteiger partial charge is 0.293 e. The number of aliphatic hydroxyl groups excluding tert-OH is 1. The molecule has 1 saturated carbocycles. The van der Waals surface area contributed by atoms with Crippen molar-refractivity contribution in [3.63, 3.8) is 0 Å². The van der Waals surface area contributed by atoms with Crippen LogP contribution in [0.1, 0.15) is 66.3 Å². The molecule has 9 rings (SSSR count). The van der Waals surface area contributed by atoms with Gasteiger partial charge in [0, 0.05) is 100.0 Å². The van der Waals surface area contributed by atoms with Gasteiger partial charge in [0.05, 0.1) is 23.7 Å². The van der Waals surface area contributed by atoms with Gasteiger partial charge in [-0.25, -0.2) is 9.97 Å². The highest BCUT2D eigenvalue weighted by molar-refractivity contribution is 6.06. The van der Waals surface area contributed by atoms with Crippen LogP contribution in [0.4, 0.5) is 28.7 Å². The van der Waals surface area contributed by atoms with Crippen molar-refractivity contribution in [2.75, 3.05) is 59.8 Å². The molecule has 14 nitrogen and oxygen atoms in total. The zero-order valence-corrected chi connectivity index (χ0v) is 32.1. The first-order chi connectivity index (χ1) is 27.2. The number of piperazine rings is 1. The molecule has 4 aromatic rings. The van der Waals surface area contributed by atoms with Crippen LogP contribution in [0.15, 0.2) is 60.2 Å². The van der Waals surface area contributed by atoms with E-state index in [1.807, 2.05) is 18.2 Å². The number of aromatic nitrogens is 4. The van der Waals surface area contributed by atoms with Crippen LogP contribution < -0.4 is 26.0 Å². The van der Waals surface area contributed by atoms with Gasteiger partial charge in [-0.2, -0.15) is 0 Å². The number of pyridine rings is 1. The second-order valence-corrected chi connectivity index (χ2v) is 15.9. The fraction of sp³-hybridized carbons (Fsp3) is 0.452. The fourth-order valence-corrected chi connectivity index (χ4v) is 9.49. The molecule has 3 aromatic heterocycles. The lowest BCUT2D eigenvalue weighted by molar-refractivity contribution is -0.111. The van der Waals surface area contributed by atoms with Gasteiger partial charge in [-0.1, -0.05) is 6.58 Å². The van der Waals surface area contributed by atoms with E-state index in [2.05, 4.69) is 49.6 Å². The predicted octanol–water partition coefficient (Wildman–Crippen LogP) is 4.33. The van der Waals surface area contributed by atoms with Crippen LogP contribution >= 0.6 is 0 Å². The molecule has 1 aromatic carbocycles. The Kier molecular flexibility index (Phi) is 9.29. The maximum absolute atomic E-state index is 14.0. The van der Waals surface area contributed by atoms with E-state index >= 15 is 0 Å². The normalized spacial score (nSPS) is 20.6. The summed E-state index contributed by atoms with van der Waals surface area (Å²) in [5, 5.41) is 17.0. The van der Waals surface area contributed by atoms with E-state index in [-0.39, 0.29) is 41.3 Å². The highest BCUT2D eigenvalue weighted by Gasteiger charge is 2.51. The van der Waals surface area contributed by atoms with Crippen LogP contribution in [0, 0.1) is 0 Å². The molecule has 3 aliphatic heterocycles. The number of rotatable bonds is 9. The topological polar surface area (TPSA) is 150 Å². The number of benzene rings is 1. The maximum atomic E-state index is 14.0. The standard InChI is InChI=1S/C42H49N9O5/c1-4-37(53)45-32-21-27(5-6-35(32)49-16-15-48(23-26(49)2)28-9-19-56-20-10-28)44-38-41(55)47(3)24-33(46-38)29-8-14-43-39(30(29)25-52)51-18-17-50-34-7-11-42(12-13-42)31(34)22-36(50)40(51)54/h4-6,8,14,21-22,24,26,28,52H,1,7,9-13,15-20,23,25H2,2-3H3,(H,44,46)(H,45,53). The van der Waals surface area contributed by atoms with Gasteiger partial charge < -0.3 is 34.5 Å². The lowest BCUT2D eigenvalue weighted by Gasteiger charge is -2.45. The SMILES string of the molecule is C=CC(=O)Nc1cc(Nc2nc(-c3ccnc(N4CCn5c(cc6c5CCC65CC5)C4=O)c3CO)cn(C)c2=O)ccc1N1CCN(C2CCOCC2)CC1C. The average Bonchev–Trinajstić information content (AvgIpc) is 3.79. The Bertz CT molecular complexity index is 2290. The third-order valence-corrected chi connectivity index (χ3v) is 12.7. The number of carbonyl (C=O) groups is 2. The second kappa shape index (κ2) is 14.3. The number of ether oxygens (including phenoxy) is 1. The highest BCUT2D eigenvalue weighted by atomic mass is 16.5. The van der Waals surface area contributed by atoms with Gasteiger partial charge in [-0.3, -0.25) is 24.2 Å². The van der Waals surface area contributed by atoms with Crippen LogP contribution in [-0.2, 0) is 41.6 Å². The van der Waals surface area contributed by atoms with Crippen molar-refractivity contribution in [3.8, 4) is 11.3 Å². The molecule has 0 bridgehead atoms. The fourth-order valence-electron chi connectivity index (χ4n) is 9.49. The summed E-state index contributed by atoms with van der Waals surface area (Å²) in [6, 6.07) is 10.2. The lowest BCUT2D eigenvalue weighted by atomic mass is 10.0. The Morgan fingerprint density at radius 3 is 2.66 bits per heavy atom. The summed E-state index contributed by atoms with van der Waals surface area (Å²) in [6.45, 7) is 10.8. The first kappa shape index (κ1) is 36.3. The Hall–Kier alpha value is -5.31. The molecule has 2 aliphatic carbocycles. The van der Waals surface area contributed by atoms with Crippen molar-refractivity contribution in [2.24, 2.45) is 7.05 Å². The van der Waals surface area contributed by atoms with E-state index in [4.69, 9.17) is 9.72 Å². The number of fused-ring (bicyclic) bond motifs is 4. The number of aryl methyl sites for hydroxylation is 1. The van der Waals surface area contributed by atoms with Gasteiger partial charge in [-0.05, 0) is 92.8 Å². The molecule has 5 aliphatic rings. The van der Waals surface area contributed by atoms with Crippen molar-refractivity contribution < 1.29 is 19.4 Å². The van der Waals surface area contributed by atoms with Gasteiger partial charge >= 0.3 is 0 Å². The zero-order chi connectivity index (χ0) is 38.7. The third-order valence-electron chi connectivity index (χ3n) is 12.7. The molecule has 1 atom stereocenters. The Morgan fingerprint density at radius 2 is 1.91 bits per heavy atom. The van der Waals surface area contributed by atoms with Crippen LogP contribution in [0.2, 0.25) is 0 Å². The van der Waals surface area contributed by atoms with Gasteiger partial charge in [0.15, 0.2) is 5.82 Å². The minimum Gasteiger partial charge on any atom is -0.392 e. The van der Waals surface area contributed by atoms with Crippen LogP contribution in [0.25, 0.3) is 11.3 Å². The molecule has 292 valence electrons. The molecule has 56 heavy (non-hydrogen) atoms. The zero-order valence-electron chi connectivity index (χ0n) is 32.1. The maximum Gasteiger partial charge on any atom is 0.293 e. The van der Waals surface area contributed by atoms with E-state index in [9.17, 15) is 19.5 Å². The van der Waals surface area contributed by atoms with Crippen molar-refractivity contribution >= 4 is 40.5 Å². The van der Waals surface area contributed by atoms with Crippen molar-refractivity contribution in [3.05, 3.63) is 88.2 Å². The Balaban J connectivity index is 0.995. The Labute approximate surface area is 325 Å². The number of anilines is 5. The molecule has 3 N–H and O–H groups in total. The monoisotopic (exact) mass is 759 g/mol. The van der Waals surface area contributed by atoms with E-state index in [0.717, 1.165) is 57.8 Å². The molecule has 0 radical (unpaired) electrons. The highest BCUT2D eigenvalue weighted by Crippen LogP contribution is 2.57. The predicted molar refractivity (Wildman–Crippen MR) is 215 cm³/mol. The van der Waals surface area contributed by atoms with Gasteiger partial charge in [-0.15, -0.1) is 0 Å². The molecule has 2 saturated heterocycles. The first-order valence-corrected chi connectivity index (χ1v) is 19.8. The first-order valence-electron chi connectivity index (χ1n) is 19.8. The van der Waals surface area contributed by atoms with Crippen LogP contribution in [-0.4, -0.2) is 92.4 Å². The molecular formula is C42H49N9O5. The molecule has 6 heterocycles. The number of amides is 2. The van der Waals surface area contributed by atoms with Crippen LogP contribution in [0.5, 0.6) is 0 Å². The van der Waals surface area contributed by atoms with Crippen molar-refractivity contribution in [1.29, 1.82) is 0 Å². The molecule has 2 amide bonds. The van der Waals surface area contributed by atoms with E-state index < -0.39 is 0 Å². The largest absolute Gasteiger partial charge is 0.392 e. The van der Waals surface area contributed by atoms with Crippen LogP contribution in [0.3, 0.4) is 0 Å². The summed E-state index contributed by atoms with van der Waals surface area (Å²) in [5.74, 6) is -0.0194. The van der Waals surface area contributed by atoms with Crippen molar-refractivity contribution in [2.45, 2.75) is 76.1 Å². The minimum atomic E-state index is -0.383. The molecule has 1 spiro atoms. The number of carbonyl (C=O) groups excluding carboxylic acids is 2. The van der Waals surface area contributed by atoms with E-state index in [1.54, 1.807) is 30.4 Å². The summed E-state index contributed by atoms with van der Waals surface area (Å²) in [7, 11) is 1.65.